The maximum Gasteiger partial charge on any atom is 0.312 e. The molecule has 0 radical (unpaired) electrons. The van der Waals surface area contributed by atoms with Gasteiger partial charge in [0.05, 0.1) is 32.0 Å². The first-order chi connectivity index (χ1) is 18.8. The third kappa shape index (κ3) is 4.60. The van der Waals surface area contributed by atoms with Gasteiger partial charge in [-0.2, -0.15) is 0 Å². The van der Waals surface area contributed by atoms with Crippen LogP contribution in [0.5, 0.6) is 0 Å². The Kier molecular flexibility index (Phi) is 8.36. The molecule has 0 aromatic carbocycles. The van der Waals surface area contributed by atoms with E-state index in [9.17, 15) is 15.0 Å². The molecular formula is C33H48O6. The molecule has 0 aromatic heterocycles. The molecule has 39 heavy (non-hydrogen) atoms. The number of rotatable bonds is 7. The molecule has 2 N–H and O–H groups in total. The lowest BCUT2D eigenvalue weighted by Gasteiger charge is -2.52. The molecule has 216 valence electrons. The third-order valence-electron chi connectivity index (χ3n) is 10.8. The second-order valence-electron chi connectivity index (χ2n) is 12.8. The Bertz CT molecular complexity index is 1100. The summed E-state index contributed by atoms with van der Waals surface area (Å²) in [7, 11) is 4.93. The molecule has 6 heteroatoms. The van der Waals surface area contributed by atoms with E-state index in [1.54, 1.807) is 14.2 Å². The van der Waals surface area contributed by atoms with Crippen molar-refractivity contribution in [3.05, 3.63) is 45.5 Å². The van der Waals surface area contributed by atoms with E-state index in [-0.39, 0.29) is 29.1 Å². The van der Waals surface area contributed by atoms with Gasteiger partial charge < -0.3 is 24.4 Å². The molecule has 5 rings (SSSR count). The Hall–Kier alpha value is -2.05. The Morgan fingerprint density at radius 2 is 1.79 bits per heavy atom. The van der Waals surface area contributed by atoms with Crippen LogP contribution in [0, 0.1) is 40.9 Å². The van der Waals surface area contributed by atoms with Crippen LogP contribution >= 0.6 is 0 Å². The van der Waals surface area contributed by atoms with E-state index < -0.39 is 0 Å². The Morgan fingerprint density at radius 3 is 2.51 bits per heavy atom. The van der Waals surface area contributed by atoms with Crippen molar-refractivity contribution in [2.45, 2.75) is 78.1 Å². The highest BCUT2D eigenvalue weighted by atomic mass is 16.5. The zero-order valence-electron chi connectivity index (χ0n) is 24.6. The lowest BCUT2D eigenvalue weighted by Crippen LogP contribution is -2.45. The van der Waals surface area contributed by atoms with Crippen molar-refractivity contribution in [2.24, 2.45) is 40.9 Å². The van der Waals surface area contributed by atoms with Crippen LogP contribution in [0.1, 0.15) is 78.1 Å². The smallest absolute Gasteiger partial charge is 0.312 e. The van der Waals surface area contributed by atoms with E-state index in [1.807, 2.05) is 0 Å². The Balaban J connectivity index is 1.76. The van der Waals surface area contributed by atoms with Gasteiger partial charge in [-0.3, -0.25) is 4.79 Å². The molecule has 0 spiro atoms. The van der Waals surface area contributed by atoms with Crippen molar-refractivity contribution in [1.29, 1.82) is 0 Å². The fourth-order valence-corrected chi connectivity index (χ4v) is 9.52. The van der Waals surface area contributed by atoms with Crippen LogP contribution in [-0.4, -0.2) is 50.7 Å². The van der Waals surface area contributed by atoms with E-state index in [4.69, 9.17) is 14.2 Å². The summed E-state index contributed by atoms with van der Waals surface area (Å²) in [5, 5.41) is 22.1. The molecule has 5 aliphatic rings. The summed E-state index contributed by atoms with van der Waals surface area (Å²) in [5.41, 5.74) is 6.03. The number of esters is 1. The number of aliphatic hydroxyl groups is 2. The summed E-state index contributed by atoms with van der Waals surface area (Å²) in [6.07, 6.45) is 12.3. The highest BCUT2D eigenvalue weighted by molar-refractivity contribution is 5.77. The molecule has 0 heterocycles. The molecule has 1 saturated carbocycles. The van der Waals surface area contributed by atoms with Crippen molar-refractivity contribution in [2.75, 3.05) is 34.5 Å². The molecule has 0 saturated heterocycles. The summed E-state index contributed by atoms with van der Waals surface area (Å²) < 4.78 is 16.6. The molecule has 0 aliphatic heterocycles. The monoisotopic (exact) mass is 540 g/mol. The van der Waals surface area contributed by atoms with Crippen molar-refractivity contribution in [3.8, 4) is 0 Å². The molecule has 0 aromatic rings. The molecule has 6 nitrogen and oxygen atoms in total. The second kappa shape index (κ2) is 11.4. The predicted octanol–water partition coefficient (Wildman–Crippen LogP) is 6.99. The third-order valence-corrected chi connectivity index (χ3v) is 10.8. The fourth-order valence-electron chi connectivity index (χ4n) is 9.52. The highest BCUT2D eigenvalue weighted by Gasteiger charge is 2.61. The lowest BCUT2D eigenvalue weighted by molar-refractivity contribution is -0.144. The number of carbonyl (C=O) groups excluding carboxylic acids is 1. The minimum absolute atomic E-state index is 0.0158. The van der Waals surface area contributed by atoms with Gasteiger partial charge in [0.2, 0.25) is 0 Å². The van der Waals surface area contributed by atoms with Crippen LogP contribution in [0.4, 0.5) is 0 Å². The number of hydrogen-bond acceptors (Lipinski definition) is 6. The van der Waals surface area contributed by atoms with Gasteiger partial charge in [0.1, 0.15) is 5.76 Å². The zero-order valence-corrected chi connectivity index (χ0v) is 24.6. The quantitative estimate of drug-likeness (QED) is 0.267. The summed E-state index contributed by atoms with van der Waals surface area (Å²) >= 11 is 0. The summed E-state index contributed by atoms with van der Waals surface area (Å²) in [6.45, 7) is 5.10. The molecule has 0 amide bonds. The van der Waals surface area contributed by atoms with Gasteiger partial charge in [-0.15, -0.1) is 0 Å². The minimum atomic E-state index is -0.199. The number of hydrogen-bond donors (Lipinski definition) is 2. The predicted molar refractivity (Wildman–Crippen MR) is 151 cm³/mol. The average molecular weight is 541 g/mol. The van der Waals surface area contributed by atoms with Gasteiger partial charge in [-0.1, -0.05) is 42.6 Å². The van der Waals surface area contributed by atoms with Gasteiger partial charge in [0, 0.05) is 37.0 Å². The zero-order chi connectivity index (χ0) is 27.9. The summed E-state index contributed by atoms with van der Waals surface area (Å²) in [5.74, 6) is 1.79. The first kappa shape index (κ1) is 28.5. The van der Waals surface area contributed by atoms with E-state index >= 15 is 0 Å². The van der Waals surface area contributed by atoms with Crippen LogP contribution in [0.25, 0.3) is 0 Å². The number of carbonyl (C=O) groups is 1. The average Bonchev–Trinajstić information content (AvgIpc) is 3.24. The summed E-state index contributed by atoms with van der Waals surface area (Å²) in [4.78, 5) is 13.2. The number of ether oxygens (including phenoxy) is 3. The van der Waals surface area contributed by atoms with E-state index in [0.29, 0.717) is 42.5 Å². The SMILES string of the molecule is COCC1=C(O)C(C)CC(C2(C3CC(C)=C(O)C(COC)C3)C3=C(C(C(=O)OC)CCC3)C3CCCCC32)=C1. The normalized spacial score (nSPS) is 37.0. The van der Waals surface area contributed by atoms with Crippen LogP contribution in [0.2, 0.25) is 0 Å². The molecule has 5 aliphatic carbocycles. The first-order valence-corrected chi connectivity index (χ1v) is 15.1. The van der Waals surface area contributed by atoms with Gasteiger partial charge in [-0.25, -0.2) is 0 Å². The molecule has 7 unspecified atom stereocenters. The molecular weight excluding hydrogens is 492 g/mol. The van der Waals surface area contributed by atoms with E-state index in [2.05, 4.69) is 19.9 Å². The lowest BCUT2D eigenvalue weighted by atomic mass is 9.51. The standard InChI is InChI=1S/C33H48O6/c1-19-13-23(15-21(17-37-3)30(19)34)33(24-14-20(2)31(35)22(16-24)18-38-4)27-11-7-6-9-25(27)29-26(32(36)39-5)10-8-12-28(29)33/h15,19,22,24-27,34-35H,6-14,16-18H2,1-5H3. The van der Waals surface area contributed by atoms with E-state index in [1.165, 1.54) is 36.7 Å². The number of aliphatic hydroxyl groups excluding tert-OH is 2. The Morgan fingerprint density at radius 1 is 1.03 bits per heavy atom. The van der Waals surface area contributed by atoms with Gasteiger partial charge in [0.25, 0.3) is 0 Å². The van der Waals surface area contributed by atoms with Crippen LogP contribution < -0.4 is 0 Å². The number of allylic oxidation sites excluding steroid dienone is 4. The van der Waals surface area contributed by atoms with Gasteiger partial charge in [-0.05, 0) is 81.6 Å². The summed E-state index contributed by atoms with van der Waals surface area (Å²) in [6, 6.07) is 0. The van der Waals surface area contributed by atoms with Crippen molar-refractivity contribution in [1.82, 2.24) is 0 Å². The van der Waals surface area contributed by atoms with Gasteiger partial charge >= 0.3 is 5.97 Å². The van der Waals surface area contributed by atoms with Crippen LogP contribution in [0.3, 0.4) is 0 Å². The molecule has 7 atom stereocenters. The van der Waals surface area contributed by atoms with Crippen molar-refractivity contribution < 1.29 is 29.2 Å². The van der Waals surface area contributed by atoms with Crippen molar-refractivity contribution in [3.63, 3.8) is 0 Å². The number of fused-ring (bicyclic) bond motifs is 2. The topological polar surface area (TPSA) is 85.2 Å². The van der Waals surface area contributed by atoms with Crippen LogP contribution in [0.15, 0.2) is 45.5 Å². The number of methoxy groups -OCH3 is 3. The van der Waals surface area contributed by atoms with E-state index in [0.717, 1.165) is 62.5 Å². The largest absolute Gasteiger partial charge is 0.512 e. The van der Waals surface area contributed by atoms with Crippen molar-refractivity contribution >= 4 is 5.97 Å². The van der Waals surface area contributed by atoms with Crippen LogP contribution in [-0.2, 0) is 19.0 Å². The Labute approximate surface area is 234 Å². The fraction of sp³-hybridized carbons (Fsp3) is 0.727. The highest BCUT2D eigenvalue weighted by Crippen LogP contribution is 2.70. The molecule has 0 bridgehead atoms. The van der Waals surface area contributed by atoms with Gasteiger partial charge in [0.15, 0.2) is 0 Å². The second-order valence-corrected chi connectivity index (χ2v) is 12.8. The maximum absolute atomic E-state index is 13.2. The first-order valence-electron chi connectivity index (χ1n) is 15.1. The minimum Gasteiger partial charge on any atom is -0.512 e. The maximum atomic E-state index is 13.2. The molecule has 1 fully saturated rings.